The van der Waals surface area contributed by atoms with Crippen molar-refractivity contribution in [3.8, 4) is 0 Å². The highest BCUT2D eigenvalue weighted by atomic mass is 35.5. The number of carbonyl (C=O) groups is 2. The molecule has 5 nitrogen and oxygen atoms in total. The predicted octanol–water partition coefficient (Wildman–Crippen LogP) is 4.29. The summed E-state index contributed by atoms with van der Waals surface area (Å²) in [6, 6.07) is 14.7. The van der Waals surface area contributed by atoms with Crippen LogP contribution in [-0.4, -0.2) is 60.5 Å². The number of benzene rings is 2. The van der Waals surface area contributed by atoms with E-state index in [1.54, 1.807) is 17.0 Å². The second kappa shape index (κ2) is 10.1. The van der Waals surface area contributed by atoms with E-state index >= 15 is 0 Å². The first-order valence-electron chi connectivity index (χ1n) is 10.4. The topological polar surface area (TPSA) is 49.9 Å². The zero-order valence-electron chi connectivity index (χ0n) is 17.8. The molecule has 160 valence electrons. The van der Waals surface area contributed by atoms with E-state index in [-0.39, 0.29) is 17.9 Å². The van der Waals surface area contributed by atoms with Crippen LogP contribution in [0.15, 0.2) is 48.5 Å². The lowest BCUT2D eigenvalue weighted by molar-refractivity contribution is -0.0340. The Morgan fingerprint density at radius 1 is 1.17 bits per heavy atom. The minimum absolute atomic E-state index is 0.0122. The minimum atomic E-state index is -0.238. The largest absolute Gasteiger partial charge is 0.373 e. The number of halogens is 1. The average molecular weight is 429 g/mol. The summed E-state index contributed by atoms with van der Waals surface area (Å²) in [5.74, 6) is 0.208. The number of morpholine rings is 1. The number of nitrogens with zero attached hydrogens (tertiary/aromatic N) is 2. The van der Waals surface area contributed by atoms with Gasteiger partial charge in [-0.15, -0.1) is 0 Å². The van der Waals surface area contributed by atoms with Crippen LogP contribution in [0, 0.1) is 12.8 Å². The Morgan fingerprint density at radius 3 is 2.53 bits per heavy atom. The third-order valence-corrected chi connectivity index (χ3v) is 5.46. The van der Waals surface area contributed by atoms with Crippen molar-refractivity contribution in [3.63, 3.8) is 0 Å². The minimum Gasteiger partial charge on any atom is -0.373 e. The molecular formula is C24H29ClN2O3. The van der Waals surface area contributed by atoms with E-state index in [1.807, 2.05) is 48.2 Å². The summed E-state index contributed by atoms with van der Waals surface area (Å²) in [6.07, 6.45) is -0.238. The van der Waals surface area contributed by atoms with E-state index in [0.29, 0.717) is 54.9 Å². The van der Waals surface area contributed by atoms with Crippen molar-refractivity contribution in [2.24, 2.45) is 5.92 Å². The number of hydrogen-bond donors (Lipinski definition) is 0. The molecule has 0 unspecified atom stereocenters. The van der Waals surface area contributed by atoms with Gasteiger partial charge in [-0.05, 0) is 37.1 Å². The van der Waals surface area contributed by atoms with Gasteiger partial charge in [-0.2, -0.15) is 0 Å². The Bertz CT molecular complexity index is 882. The Morgan fingerprint density at radius 2 is 1.87 bits per heavy atom. The summed E-state index contributed by atoms with van der Waals surface area (Å²) in [4.78, 5) is 29.6. The van der Waals surface area contributed by atoms with Gasteiger partial charge in [0.1, 0.15) is 0 Å². The molecule has 0 radical (unpaired) electrons. The number of hydrogen-bond acceptors (Lipinski definition) is 3. The van der Waals surface area contributed by atoms with Gasteiger partial charge in [0.05, 0.1) is 23.3 Å². The highest BCUT2D eigenvalue weighted by molar-refractivity contribution is 6.33. The van der Waals surface area contributed by atoms with Gasteiger partial charge in [0.15, 0.2) is 0 Å². The van der Waals surface area contributed by atoms with Gasteiger partial charge in [-0.25, -0.2) is 0 Å². The second-order valence-corrected chi connectivity index (χ2v) is 8.60. The van der Waals surface area contributed by atoms with Crippen molar-refractivity contribution >= 4 is 23.4 Å². The van der Waals surface area contributed by atoms with E-state index in [4.69, 9.17) is 16.3 Å². The molecule has 1 fully saturated rings. The summed E-state index contributed by atoms with van der Waals surface area (Å²) in [5.41, 5.74) is 2.28. The molecule has 2 amide bonds. The van der Waals surface area contributed by atoms with Crippen molar-refractivity contribution in [2.75, 3.05) is 32.8 Å². The van der Waals surface area contributed by atoms with Crippen LogP contribution in [0.25, 0.3) is 0 Å². The number of ether oxygens (including phenoxy) is 1. The van der Waals surface area contributed by atoms with Crippen LogP contribution < -0.4 is 0 Å². The van der Waals surface area contributed by atoms with E-state index in [1.165, 1.54) is 0 Å². The molecule has 1 aliphatic heterocycles. The van der Waals surface area contributed by atoms with Crippen LogP contribution in [0.2, 0.25) is 5.02 Å². The number of amides is 2. The molecule has 1 heterocycles. The van der Waals surface area contributed by atoms with Gasteiger partial charge in [-0.3, -0.25) is 9.59 Å². The van der Waals surface area contributed by atoms with Crippen molar-refractivity contribution in [3.05, 3.63) is 70.2 Å². The first-order valence-corrected chi connectivity index (χ1v) is 10.7. The third kappa shape index (κ3) is 5.61. The van der Waals surface area contributed by atoms with Crippen molar-refractivity contribution < 1.29 is 14.3 Å². The van der Waals surface area contributed by atoms with Crippen molar-refractivity contribution in [1.29, 1.82) is 0 Å². The summed E-state index contributed by atoms with van der Waals surface area (Å²) >= 11 is 6.21. The molecule has 1 atom stereocenters. The molecule has 0 aromatic heterocycles. The van der Waals surface area contributed by atoms with Crippen LogP contribution in [0.4, 0.5) is 0 Å². The maximum Gasteiger partial charge on any atom is 0.255 e. The molecule has 30 heavy (non-hydrogen) atoms. The molecule has 0 spiro atoms. The zero-order chi connectivity index (χ0) is 21.7. The fraction of sp³-hybridized carbons (Fsp3) is 0.417. The lowest BCUT2D eigenvalue weighted by atomic mass is 10.1. The first kappa shape index (κ1) is 22.3. The molecule has 0 bridgehead atoms. The molecule has 2 aromatic rings. The van der Waals surface area contributed by atoms with E-state index < -0.39 is 0 Å². The second-order valence-electron chi connectivity index (χ2n) is 8.19. The van der Waals surface area contributed by atoms with Crippen LogP contribution in [0.3, 0.4) is 0 Å². The van der Waals surface area contributed by atoms with Gasteiger partial charge in [0, 0.05) is 31.7 Å². The van der Waals surface area contributed by atoms with Gasteiger partial charge >= 0.3 is 0 Å². The Kier molecular flexibility index (Phi) is 7.51. The zero-order valence-corrected chi connectivity index (χ0v) is 18.6. The van der Waals surface area contributed by atoms with Crippen LogP contribution >= 0.6 is 11.6 Å². The molecule has 0 N–H and O–H groups in total. The maximum atomic E-state index is 13.1. The maximum absolute atomic E-state index is 13.1. The smallest absolute Gasteiger partial charge is 0.255 e. The quantitative estimate of drug-likeness (QED) is 0.689. The number of carbonyl (C=O) groups excluding carboxylic acids is 2. The lowest BCUT2D eigenvalue weighted by Gasteiger charge is -2.36. The standard InChI is InChI=1S/C24H29ClN2O3/c1-17(2)14-27(23(28)19-10-8-18(3)9-11-19)16-20-15-26(12-13-30-20)24(29)21-6-4-5-7-22(21)25/h4-11,17,20H,12-16H2,1-3H3/t20-/m1/s1. The summed E-state index contributed by atoms with van der Waals surface area (Å²) in [5, 5.41) is 0.446. The molecule has 1 saturated heterocycles. The average Bonchev–Trinajstić information content (AvgIpc) is 2.73. The van der Waals surface area contributed by atoms with Gasteiger partial charge < -0.3 is 14.5 Å². The number of aryl methyl sites for hydroxylation is 1. The molecule has 0 saturated carbocycles. The molecule has 3 rings (SSSR count). The normalized spacial score (nSPS) is 16.6. The molecule has 0 aliphatic carbocycles. The highest BCUT2D eigenvalue weighted by Gasteiger charge is 2.29. The van der Waals surface area contributed by atoms with Crippen molar-refractivity contribution in [1.82, 2.24) is 9.80 Å². The fourth-order valence-electron chi connectivity index (χ4n) is 3.62. The van der Waals surface area contributed by atoms with Crippen molar-refractivity contribution in [2.45, 2.75) is 26.9 Å². The van der Waals surface area contributed by atoms with E-state index in [0.717, 1.165) is 5.56 Å². The fourth-order valence-corrected chi connectivity index (χ4v) is 3.84. The number of rotatable bonds is 6. The predicted molar refractivity (Wildman–Crippen MR) is 119 cm³/mol. The van der Waals surface area contributed by atoms with Crippen LogP contribution in [-0.2, 0) is 4.74 Å². The lowest BCUT2D eigenvalue weighted by Crippen LogP contribution is -2.51. The van der Waals surface area contributed by atoms with E-state index in [2.05, 4.69) is 13.8 Å². The Balaban J connectivity index is 1.71. The molecule has 2 aromatic carbocycles. The monoisotopic (exact) mass is 428 g/mol. The SMILES string of the molecule is Cc1ccc(C(=O)N(CC(C)C)C[C@H]2CN(C(=O)c3ccccc3Cl)CCO2)cc1. The molecule has 6 heteroatoms. The first-order chi connectivity index (χ1) is 14.3. The summed E-state index contributed by atoms with van der Waals surface area (Å²) in [7, 11) is 0. The Labute approximate surface area is 183 Å². The van der Waals surface area contributed by atoms with Crippen LogP contribution in [0.5, 0.6) is 0 Å². The van der Waals surface area contributed by atoms with Gasteiger partial charge in [-0.1, -0.05) is 55.3 Å². The third-order valence-electron chi connectivity index (χ3n) is 5.13. The highest BCUT2D eigenvalue weighted by Crippen LogP contribution is 2.19. The molecular weight excluding hydrogens is 400 g/mol. The molecule has 1 aliphatic rings. The van der Waals surface area contributed by atoms with Gasteiger partial charge in [0.25, 0.3) is 11.8 Å². The summed E-state index contributed by atoms with van der Waals surface area (Å²) in [6.45, 7) is 8.63. The van der Waals surface area contributed by atoms with Crippen LogP contribution in [0.1, 0.15) is 40.1 Å². The summed E-state index contributed by atoms with van der Waals surface area (Å²) < 4.78 is 5.92. The van der Waals surface area contributed by atoms with Gasteiger partial charge in [0.2, 0.25) is 0 Å². The van der Waals surface area contributed by atoms with E-state index in [9.17, 15) is 9.59 Å². The Hall–Kier alpha value is -2.37.